The van der Waals surface area contributed by atoms with E-state index < -0.39 is 39.1 Å². The second-order valence-electron chi connectivity index (χ2n) is 6.29. The first kappa shape index (κ1) is 22.6. The van der Waals surface area contributed by atoms with Crippen molar-refractivity contribution in [3.63, 3.8) is 0 Å². The van der Waals surface area contributed by atoms with Gasteiger partial charge in [-0.05, 0) is 36.4 Å². The number of rotatable bonds is 6. The molecule has 160 valence electrons. The smallest absolute Gasteiger partial charge is 0.338 e. The van der Waals surface area contributed by atoms with Crippen molar-refractivity contribution in [3.05, 3.63) is 63.4 Å². The van der Waals surface area contributed by atoms with Crippen molar-refractivity contribution in [2.45, 2.75) is 4.90 Å². The zero-order valence-corrected chi connectivity index (χ0v) is 17.8. The Bertz CT molecular complexity index is 1090. The molecule has 0 radical (unpaired) electrons. The fourth-order valence-electron chi connectivity index (χ4n) is 2.76. The Morgan fingerprint density at radius 2 is 1.80 bits per heavy atom. The summed E-state index contributed by atoms with van der Waals surface area (Å²) in [6.07, 6.45) is 0. The third-order valence-electron chi connectivity index (χ3n) is 4.32. The predicted octanol–water partition coefficient (Wildman–Crippen LogP) is 3.19. The first-order chi connectivity index (χ1) is 14.2. The van der Waals surface area contributed by atoms with E-state index in [0.29, 0.717) is 5.02 Å². The number of ether oxygens (including phenoxy) is 2. The minimum absolute atomic E-state index is 0.0762. The van der Waals surface area contributed by atoms with Gasteiger partial charge in [0.15, 0.2) is 6.61 Å². The number of nitrogens with zero attached hydrogens (tertiary/aromatic N) is 1. The Morgan fingerprint density at radius 3 is 2.47 bits per heavy atom. The van der Waals surface area contributed by atoms with Crippen LogP contribution in [0, 0.1) is 5.82 Å². The van der Waals surface area contributed by atoms with E-state index >= 15 is 0 Å². The van der Waals surface area contributed by atoms with Crippen molar-refractivity contribution in [2.75, 3.05) is 32.9 Å². The average Bonchev–Trinajstić information content (AvgIpc) is 2.72. The van der Waals surface area contributed by atoms with E-state index in [1.807, 2.05) is 0 Å². The van der Waals surface area contributed by atoms with Gasteiger partial charge in [0.05, 0.1) is 23.8 Å². The van der Waals surface area contributed by atoms with Crippen molar-refractivity contribution in [2.24, 2.45) is 0 Å². The number of halogens is 3. The molecule has 0 saturated carbocycles. The molecule has 0 aliphatic carbocycles. The van der Waals surface area contributed by atoms with E-state index in [1.54, 1.807) is 0 Å². The van der Waals surface area contributed by atoms with Crippen LogP contribution in [0.4, 0.5) is 4.39 Å². The number of esters is 1. The van der Waals surface area contributed by atoms with Gasteiger partial charge in [0.1, 0.15) is 10.7 Å². The summed E-state index contributed by atoms with van der Waals surface area (Å²) in [4.78, 5) is 23.9. The van der Waals surface area contributed by atoms with E-state index in [9.17, 15) is 22.4 Å². The van der Waals surface area contributed by atoms with Gasteiger partial charge in [-0.25, -0.2) is 17.6 Å². The number of carbonyl (C=O) groups excluding carboxylic acids is 2. The lowest BCUT2D eigenvalue weighted by Gasteiger charge is -2.26. The maximum atomic E-state index is 14.2. The lowest BCUT2D eigenvalue weighted by molar-refractivity contribution is 0.0474. The molecule has 1 heterocycles. The Kier molecular flexibility index (Phi) is 7.10. The summed E-state index contributed by atoms with van der Waals surface area (Å²) in [6, 6.07) is 7.07. The third kappa shape index (κ3) is 4.98. The molecule has 0 unspecified atom stereocenters. The van der Waals surface area contributed by atoms with Crippen molar-refractivity contribution in [1.82, 2.24) is 4.31 Å². The number of benzene rings is 2. The molecule has 0 amide bonds. The minimum atomic E-state index is -4.16. The van der Waals surface area contributed by atoms with Crippen LogP contribution in [0.1, 0.15) is 20.7 Å². The second kappa shape index (κ2) is 9.40. The normalized spacial score (nSPS) is 15.0. The fourth-order valence-corrected chi connectivity index (χ4v) is 4.77. The van der Waals surface area contributed by atoms with Crippen molar-refractivity contribution in [3.8, 4) is 0 Å². The van der Waals surface area contributed by atoms with Crippen LogP contribution in [0.15, 0.2) is 41.3 Å². The zero-order chi connectivity index (χ0) is 21.9. The molecule has 30 heavy (non-hydrogen) atoms. The highest BCUT2D eigenvalue weighted by Crippen LogP contribution is 2.23. The Hall–Kier alpha value is -2.04. The molecule has 7 nitrogen and oxygen atoms in total. The quantitative estimate of drug-likeness (QED) is 0.470. The number of hydrogen-bond acceptors (Lipinski definition) is 6. The maximum absolute atomic E-state index is 14.2. The first-order valence-electron chi connectivity index (χ1n) is 8.73. The van der Waals surface area contributed by atoms with Gasteiger partial charge < -0.3 is 9.47 Å². The number of ketones is 1. The highest BCUT2D eigenvalue weighted by Gasteiger charge is 2.30. The molecular formula is C19H16Cl2FNO6S. The van der Waals surface area contributed by atoms with Crippen LogP contribution in [-0.4, -0.2) is 57.4 Å². The van der Waals surface area contributed by atoms with Crippen LogP contribution in [0.5, 0.6) is 0 Å². The number of carbonyl (C=O) groups is 2. The first-order valence-corrected chi connectivity index (χ1v) is 10.9. The summed E-state index contributed by atoms with van der Waals surface area (Å²) in [5.74, 6) is -2.55. The molecule has 0 N–H and O–H groups in total. The second-order valence-corrected chi connectivity index (χ2v) is 9.04. The highest BCUT2D eigenvalue weighted by atomic mass is 35.5. The molecule has 1 saturated heterocycles. The summed E-state index contributed by atoms with van der Waals surface area (Å²) >= 11 is 11.7. The van der Waals surface area contributed by atoms with Crippen LogP contribution in [0.3, 0.4) is 0 Å². The fraction of sp³-hybridized carbons (Fsp3) is 0.263. The van der Waals surface area contributed by atoms with Crippen LogP contribution < -0.4 is 0 Å². The van der Waals surface area contributed by atoms with Crippen molar-refractivity contribution in [1.29, 1.82) is 0 Å². The predicted molar refractivity (Wildman–Crippen MR) is 107 cm³/mol. The number of Topliss-reactive ketones (excluding diaryl/α,β-unsaturated/α-hetero) is 1. The molecule has 11 heteroatoms. The zero-order valence-electron chi connectivity index (χ0n) is 15.4. The summed E-state index contributed by atoms with van der Waals surface area (Å²) in [5, 5.41) is 0.443. The van der Waals surface area contributed by atoms with Gasteiger partial charge in [-0.15, -0.1) is 0 Å². The van der Waals surface area contributed by atoms with E-state index in [0.717, 1.165) is 22.5 Å². The SMILES string of the molecule is O=C(OCC(=O)c1ccc(Cl)cc1Cl)c1ccc(F)c(S(=O)(=O)N2CCOCC2)c1. The third-order valence-corrected chi connectivity index (χ3v) is 6.78. The van der Waals surface area contributed by atoms with Gasteiger partial charge in [-0.3, -0.25) is 4.79 Å². The van der Waals surface area contributed by atoms with Gasteiger partial charge in [-0.2, -0.15) is 4.31 Å². The van der Waals surface area contributed by atoms with E-state index in [1.165, 1.54) is 18.2 Å². The topological polar surface area (TPSA) is 90.0 Å². The lowest BCUT2D eigenvalue weighted by Crippen LogP contribution is -2.41. The van der Waals surface area contributed by atoms with Gasteiger partial charge in [0, 0.05) is 23.7 Å². The standard InChI is InChI=1S/C19H16Cl2FNO6S/c20-13-2-3-14(15(21)10-13)17(24)11-29-19(25)12-1-4-16(22)18(9-12)30(26,27)23-5-7-28-8-6-23/h1-4,9-10H,5-8,11H2. The van der Waals surface area contributed by atoms with Gasteiger partial charge in [-0.1, -0.05) is 23.2 Å². The van der Waals surface area contributed by atoms with E-state index in [2.05, 4.69) is 0 Å². The summed E-state index contributed by atoms with van der Waals surface area (Å²) in [7, 11) is -4.16. The molecule has 1 aliphatic heterocycles. The molecular weight excluding hydrogens is 460 g/mol. The van der Waals surface area contributed by atoms with Gasteiger partial charge >= 0.3 is 5.97 Å². The van der Waals surface area contributed by atoms with Gasteiger partial charge in [0.25, 0.3) is 0 Å². The lowest BCUT2D eigenvalue weighted by atomic mass is 10.1. The Balaban J connectivity index is 1.75. The number of sulfonamides is 1. The molecule has 0 bridgehead atoms. The molecule has 1 aliphatic rings. The van der Waals surface area contributed by atoms with Crippen molar-refractivity contribution < 1.29 is 31.9 Å². The van der Waals surface area contributed by atoms with Crippen LogP contribution >= 0.6 is 23.2 Å². The van der Waals surface area contributed by atoms with E-state index in [4.69, 9.17) is 32.7 Å². The van der Waals surface area contributed by atoms with E-state index in [-0.39, 0.29) is 42.5 Å². The Labute approximate surface area is 182 Å². The maximum Gasteiger partial charge on any atom is 0.338 e. The molecule has 0 atom stereocenters. The summed E-state index contributed by atoms with van der Waals surface area (Å²) in [6.45, 7) is -0.0986. The number of hydrogen-bond donors (Lipinski definition) is 0. The molecule has 3 rings (SSSR count). The van der Waals surface area contributed by atoms with Crippen LogP contribution in [-0.2, 0) is 19.5 Å². The summed E-state index contributed by atoms with van der Waals surface area (Å²) in [5.41, 5.74) is -0.0956. The van der Waals surface area contributed by atoms with Crippen LogP contribution in [0.2, 0.25) is 10.0 Å². The number of morpholine rings is 1. The average molecular weight is 476 g/mol. The van der Waals surface area contributed by atoms with Crippen LogP contribution in [0.25, 0.3) is 0 Å². The minimum Gasteiger partial charge on any atom is -0.454 e. The molecule has 2 aromatic rings. The van der Waals surface area contributed by atoms with Crippen molar-refractivity contribution >= 4 is 45.0 Å². The molecule has 1 fully saturated rings. The highest BCUT2D eigenvalue weighted by molar-refractivity contribution is 7.89. The van der Waals surface area contributed by atoms with Gasteiger partial charge in [0.2, 0.25) is 15.8 Å². The molecule has 0 aromatic heterocycles. The molecule has 0 spiro atoms. The summed E-state index contributed by atoms with van der Waals surface area (Å²) < 4.78 is 50.8. The largest absolute Gasteiger partial charge is 0.454 e. The molecule has 2 aromatic carbocycles. The monoisotopic (exact) mass is 475 g/mol. The Morgan fingerprint density at radius 1 is 1.10 bits per heavy atom.